The molecule has 0 aromatic carbocycles. The number of carbonyl (C=O) groups is 2. The van der Waals surface area contributed by atoms with Gasteiger partial charge in [-0.05, 0) is 12.8 Å². The summed E-state index contributed by atoms with van der Waals surface area (Å²) < 4.78 is 9.39. The van der Waals surface area contributed by atoms with Gasteiger partial charge in [0.1, 0.15) is 0 Å². The van der Waals surface area contributed by atoms with Crippen molar-refractivity contribution in [2.45, 2.75) is 46.6 Å². The number of methoxy groups -OCH3 is 1. The van der Waals surface area contributed by atoms with Gasteiger partial charge in [0.05, 0.1) is 7.11 Å². The maximum absolute atomic E-state index is 11.1. The van der Waals surface area contributed by atoms with E-state index in [2.05, 4.69) is 10.1 Å². The summed E-state index contributed by atoms with van der Waals surface area (Å²) in [6, 6.07) is -0.447. The topological polar surface area (TPSA) is 76.7 Å². The predicted molar refractivity (Wildman–Crippen MR) is 70.6 cm³/mol. The highest BCUT2D eigenvalue weighted by atomic mass is 16.5. The van der Waals surface area contributed by atoms with Crippen molar-refractivity contribution in [2.24, 2.45) is 0 Å². The van der Waals surface area contributed by atoms with Crippen LogP contribution in [0.5, 0.6) is 0 Å². The van der Waals surface area contributed by atoms with Gasteiger partial charge in [0.25, 0.3) is 0 Å². The van der Waals surface area contributed by atoms with E-state index >= 15 is 0 Å². The van der Waals surface area contributed by atoms with Crippen LogP contribution in [0.4, 0.5) is 9.59 Å². The smallest absolute Gasteiger partial charge is 0.415 e. The number of ether oxygens (including phenoxy) is 2. The Balaban J connectivity index is 0. The molecule has 0 saturated carbocycles. The summed E-state index contributed by atoms with van der Waals surface area (Å²) in [6.07, 6.45) is 0.790. The second kappa shape index (κ2) is 13.8. The Morgan fingerprint density at radius 3 is 2.06 bits per heavy atom. The molecule has 6 heteroatoms. The molecule has 3 amide bonds. The van der Waals surface area contributed by atoms with E-state index < -0.39 is 12.1 Å². The van der Waals surface area contributed by atoms with Gasteiger partial charge in [0.15, 0.2) is 0 Å². The molecule has 1 aliphatic rings. The Labute approximate surface area is 109 Å². The van der Waals surface area contributed by atoms with Crippen LogP contribution in [0.15, 0.2) is 0 Å². The number of carbonyl (C=O) groups excluding carboxylic acids is 2. The molecule has 0 unspecified atom stereocenters. The van der Waals surface area contributed by atoms with Crippen molar-refractivity contribution in [3.05, 3.63) is 0 Å². The molecule has 0 aromatic rings. The third-order valence-electron chi connectivity index (χ3n) is 1.96. The number of hydrogen-bond donors (Lipinski definition) is 2. The zero-order valence-electron chi connectivity index (χ0n) is 12.0. The third-order valence-corrected chi connectivity index (χ3v) is 1.96. The molecule has 1 rings (SSSR count). The minimum Gasteiger partial charge on any atom is -0.453 e. The van der Waals surface area contributed by atoms with Gasteiger partial charge in [0, 0.05) is 19.3 Å². The van der Waals surface area contributed by atoms with Crippen LogP contribution >= 0.6 is 0 Å². The van der Waals surface area contributed by atoms with E-state index in [0.717, 1.165) is 12.8 Å². The van der Waals surface area contributed by atoms with E-state index in [1.54, 1.807) is 0 Å². The summed E-state index contributed by atoms with van der Waals surface area (Å²) in [7, 11) is 1.21. The van der Waals surface area contributed by atoms with E-state index in [0.29, 0.717) is 13.2 Å². The normalized spacial score (nSPS) is 14.1. The summed E-state index contributed by atoms with van der Waals surface area (Å²) in [5.74, 6) is 0. The number of hydrogen-bond acceptors (Lipinski definition) is 4. The Morgan fingerprint density at radius 2 is 1.61 bits per heavy atom. The molecule has 6 nitrogen and oxygen atoms in total. The lowest BCUT2D eigenvalue weighted by molar-refractivity contribution is 0.0800. The van der Waals surface area contributed by atoms with Gasteiger partial charge in [-0.2, -0.15) is 0 Å². The van der Waals surface area contributed by atoms with Crippen LogP contribution in [-0.4, -0.2) is 38.5 Å². The van der Waals surface area contributed by atoms with Crippen LogP contribution in [0.25, 0.3) is 0 Å². The fourth-order valence-electron chi connectivity index (χ4n) is 1.21. The molecule has 1 aliphatic heterocycles. The van der Waals surface area contributed by atoms with Crippen molar-refractivity contribution in [3.63, 3.8) is 0 Å². The number of amides is 3. The minimum atomic E-state index is -0.755. The monoisotopic (exact) mass is 262 g/mol. The minimum absolute atomic E-state index is 0.0772. The molecule has 2 N–H and O–H groups in total. The van der Waals surface area contributed by atoms with Crippen LogP contribution in [0.2, 0.25) is 0 Å². The SMILES string of the molecule is CC.CC.COC(=O)NC(=O)NC1CCOCC1. The van der Waals surface area contributed by atoms with E-state index in [1.165, 1.54) is 7.11 Å². The highest BCUT2D eigenvalue weighted by Gasteiger charge is 2.16. The van der Waals surface area contributed by atoms with E-state index in [4.69, 9.17) is 4.74 Å². The Hall–Kier alpha value is -1.30. The molecule has 0 aliphatic carbocycles. The number of alkyl carbamates (subject to hydrolysis) is 1. The standard InChI is InChI=1S/C8H14N2O4.2C2H6/c1-13-8(12)10-7(11)9-6-2-4-14-5-3-6;2*1-2/h6H,2-5H2,1H3,(H2,9,10,11,12);2*1-2H3. The maximum Gasteiger partial charge on any atom is 0.415 e. The zero-order valence-corrected chi connectivity index (χ0v) is 12.0. The number of imide groups is 1. The summed E-state index contributed by atoms with van der Waals surface area (Å²) >= 11 is 0. The maximum atomic E-state index is 11.1. The van der Waals surface area contributed by atoms with Crippen molar-refractivity contribution < 1.29 is 19.1 Å². The quantitative estimate of drug-likeness (QED) is 0.760. The van der Waals surface area contributed by atoms with E-state index in [-0.39, 0.29) is 6.04 Å². The third kappa shape index (κ3) is 9.89. The molecule has 0 spiro atoms. The van der Waals surface area contributed by atoms with Crippen molar-refractivity contribution >= 4 is 12.1 Å². The van der Waals surface area contributed by atoms with Crippen LogP contribution < -0.4 is 10.6 Å². The first-order valence-corrected chi connectivity index (χ1v) is 6.45. The van der Waals surface area contributed by atoms with Crippen LogP contribution in [0.3, 0.4) is 0 Å². The molecule has 108 valence electrons. The second-order valence-electron chi connectivity index (χ2n) is 2.98. The van der Waals surface area contributed by atoms with Crippen molar-refractivity contribution in [3.8, 4) is 0 Å². The number of nitrogens with one attached hydrogen (secondary N) is 2. The number of urea groups is 1. The molecule has 0 atom stereocenters. The highest BCUT2D eigenvalue weighted by Crippen LogP contribution is 2.05. The number of rotatable bonds is 1. The van der Waals surface area contributed by atoms with Gasteiger partial charge in [-0.25, -0.2) is 14.9 Å². The van der Waals surface area contributed by atoms with Gasteiger partial charge in [-0.15, -0.1) is 0 Å². The predicted octanol–water partition coefficient (Wildman–Crippen LogP) is 2.28. The first kappa shape index (κ1) is 19.0. The largest absolute Gasteiger partial charge is 0.453 e. The van der Waals surface area contributed by atoms with Gasteiger partial charge in [0.2, 0.25) is 0 Å². The van der Waals surface area contributed by atoms with Crippen molar-refractivity contribution in [2.75, 3.05) is 20.3 Å². The Bertz CT molecular complexity index is 216. The van der Waals surface area contributed by atoms with Crippen LogP contribution in [0.1, 0.15) is 40.5 Å². The molecule has 1 fully saturated rings. The van der Waals surface area contributed by atoms with Gasteiger partial charge < -0.3 is 14.8 Å². The summed E-state index contributed by atoms with van der Waals surface area (Å²) in [4.78, 5) is 21.8. The second-order valence-corrected chi connectivity index (χ2v) is 2.98. The summed E-state index contributed by atoms with van der Waals surface area (Å²) in [5.41, 5.74) is 0. The Morgan fingerprint density at radius 1 is 1.11 bits per heavy atom. The molecular weight excluding hydrogens is 236 g/mol. The fourth-order valence-corrected chi connectivity index (χ4v) is 1.21. The average Bonchev–Trinajstić information content (AvgIpc) is 2.44. The average molecular weight is 262 g/mol. The van der Waals surface area contributed by atoms with Crippen LogP contribution in [-0.2, 0) is 9.47 Å². The van der Waals surface area contributed by atoms with Crippen molar-refractivity contribution in [1.29, 1.82) is 0 Å². The summed E-state index contributed by atoms with van der Waals surface area (Å²) in [5, 5.41) is 4.68. The Kier molecular flexibility index (Phi) is 14.6. The van der Waals surface area contributed by atoms with E-state index in [1.807, 2.05) is 33.0 Å². The zero-order chi connectivity index (χ0) is 14.4. The molecular formula is C12H26N2O4. The van der Waals surface area contributed by atoms with E-state index in [9.17, 15) is 9.59 Å². The fraction of sp³-hybridized carbons (Fsp3) is 0.833. The molecule has 18 heavy (non-hydrogen) atoms. The van der Waals surface area contributed by atoms with Gasteiger partial charge >= 0.3 is 12.1 Å². The summed E-state index contributed by atoms with van der Waals surface area (Å²) in [6.45, 7) is 9.28. The molecule has 1 saturated heterocycles. The first-order chi connectivity index (χ1) is 8.72. The van der Waals surface area contributed by atoms with Gasteiger partial charge in [-0.3, -0.25) is 0 Å². The highest BCUT2D eigenvalue weighted by molar-refractivity contribution is 5.90. The first-order valence-electron chi connectivity index (χ1n) is 6.45. The van der Waals surface area contributed by atoms with Gasteiger partial charge in [-0.1, -0.05) is 27.7 Å². The lowest BCUT2D eigenvalue weighted by Crippen LogP contribution is -2.46. The molecule has 0 bridgehead atoms. The van der Waals surface area contributed by atoms with Crippen LogP contribution in [0, 0.1) is 0 Å². The molecule has 1 heterocycles. The lowest BCUT2D eigenvalue weighted by Gasteiger charge is -2.22. The van der Waals surface area contributed by atoms with Crippen molar-refractivity contribution in [1.82, 2.24) is 10.6 Å². The molecule has 0 radical (unpaired) electrons. The molecule has 0 aromatic heterocycles. The lowest BCUT2D eigenvalue weighted by atomic mass is 10.1.